The Bertz CT molecular complexity index is 178. The zero-order valence-corrected chi connectivity index (χ0v) is 10.8. The van der Waals surface area contributed by atoms with Crippen LogP contribution in [-0.4, -0.2) is 10.7 Å². The molecule has 0 aromatic rings. The lowest BCUT2D eigenvalue weighted by molar-refractivity contribution is -0.0644. The smallest absolute Gasteiger partial charge is 0.0675 e. The number of hydrogen-bond donors (Lipinski definition) is 1. The Morgan fingerprint density at radius 2 is 1.87 bits per heavy atom. The van der Waals surface area contributed by atoms with Crippen LogP contribution in [0.3, 0.4) is 0 Å². The molecule has 1 aliphatic carbocycles. The maximum absolute atomic E-state index is 10.6. The van der Waals surface area contributed by atoms with Crippen molar-refractivity contribution in [2.75, 3.05) is 0 Å². The predicted octanol–water partition coefficient (Wildman–Crippen LogP) is 4.14. The van der Waals surface area contributed by atoms with Gasteiger partial charge in [-0.15, -0.1) is 0 Å². The monoisotopic (exact) mass is 212 g/mol. The Morgan fingerprint density at radius 1 is 1.13 bits per heavy atom. The Morgan fingerprint density at radius 3 is 2.53 bits per heavy atom. The molecule has 0 heterocycles. The molecule has 1 N–H and O–H groups in total. The van der Waals surface area contributed by atoms with Crippen molar-refractivity contribution in [3.63, 3.8) is 0 Å². The maximum atomic E-state index is 10.6. The van der Waals surface area contributed by atoms with Crippen molar-refractivity contribution in [3.05, 3.63) is 0 Å². The first-order valence-electron chi connectivity index (χ1n) is 6.81. The van der Waals surface area contributed by atoms with Gasteiger partial charge in [0.2, 0.25) is 0 Å². The Labute approximate surface area is 95.3 Å². The summed E-state index contributed by atoms with van der Waals surface area (Å²) in [6.45, 7) is 6.74. The van der Waals surface area contributed by atoms with E-state index in [0.29, 0.717) is 5.92 Å². The van der Waals surface area contributed by atoms with E-state index < -0.39 is 0 Å². The fourth-order valence-corrected chi connectivity index (χ4v) is 2.92. The van der Waals surface area contributed by atoms with Gasteiger partial charge in [-0.3, -0.25) is 0 Å². The van der Waals surface area contributed by atoms with Crippen LogP contribution in [0.2, 0.25) is 0 Å². The molecule has 0 spiro atoms. The van der Waals surface area contributed by atoms with Crippen molar-refractivity contribution in [2.45, 2.75) is 77.7 Å². The Hall–Kier alpha value is -0.0400. The number of unbranched alkanes of at least 4 members (excludes halogenated alkanes) is 3. The van der Waals surface area contributed by atoms with Crippen LogP contribution in [0.25, 0.3) is 0 Å². The summed E-state index contributed by atoms with van der Waals surface area (Å²) in [4.78, 5) is 0. The van der Waals surface area contributed by atoms with E-state index in [1.807, 2.05) is 0 Å². The van der Waals surface area contributed by atoms with Gasteiger partial charge >= 0.3 is 0 Å². The normalized spacial score (nSPS) is 36.8. The molecule has 0 aliphatic heterocycles. The van der Waals surface area contributed by atoms with Crippen molar-refractivity contribution in [3.8, 4) is 0 Å². The standard InChI is InChI=1S/C14H28O/c1-4-5-6-7-10-14(15)11-12(2)8-9-13(14)3/h12-13,15H,4-11H2,1-3H3. The van der Waals surface area contributed by atoms with Crippen LogP contribution in [0.1, 0.15) is 72.1 Å². The molecule has 0 amide bonds. The van der Waals surface area contributed by atoms with Gasteiger partial charge in [-0.1, -0.05) is 52.9 Å². The summed E-state index contributed by atoms with van der Waals surface area (Å²) in [6.07, 6.45) is 9.67. The molecule has 0 saturated heterocycles. The van der Waals surface area contributed by atoms with Gasteiger partial charge < -0.3 is 5.11 Å². The fraction of sp³-hybridized carbons (Fsp3) is 1.00. The van der Waals surface area contributed by atoms with Crippen LogP contribution in [0.4, 0.5) is 0 Å². The minimum Gasteiger partial charge on any atom is -0.390 e. The van der Waals surface area contributed by atoms with Crippen LogP contribution in [0.15, 0.2) is 0 Å². The molecule has 0 radical (unpaired) electrons. The average molecular weight is 212 g/mol. The van der Waals surface area contributed by atoms with E-state index in [2.05, 4.69) is 20.8 Å². The van der Waals surface area contributed by atoms with E-state index in [4.69, 9.17) is 0 Å². The lowest BCUT2D eigenvalue weighted by Gasteiger charge is -2.41. The molecule has 0 aromatic heterocycles. The largest absolute Gasteiger partial charge is 0.390 e. The molecule has 1 rings (SSSR count). The van der Waals surface area contributed by atoms with Gasteiger partial charge in [0, 0.05) is 0 Å². The van der Waals surface area contributed by atoms with E-state index in [-0.39, 0.29) is 5.60 Å². The van der Waals surface area contributed by atoms with Crippen molar-refractivity contribution in [1.29, 1.82) is 0 Å². The second kappa shape index (κ2) is 5.89. The highest BCUT2D eigenvalue weighted by Crippen LogP contribution is 2.39. The van der Waals surface area contributed by atoms with Crippen LogP contribution in [0, 0.1) is 11.8 Å². The zero-order valence-electron chi connectivity index (χ0n) is 10.8. The summed E-state index contributed by atoms with van der Waals surface area (Å²) in [7, 11) is 0. The summed E-state index contributed by atoms with van der Waals surface area (Å²) in [5, 5.41) is 10.6. The summed E-state index contributed by atoms with van der Waals surface area (Å²) in [6, 6.07) is 0. The van der Waals surface area contributed by atoms with Crippen LogP contribution in [-0.2, 0) is 0 Å². The summed E-state index contributed by atoms with van der Waals surface area (Å²) in [5.41, 5.74) is -0.342. The molecule has 0 bridgehead atoms. The highest BCUT2D eigenvalue weighted by Gasteiger charge is 2.37. The highest BCUT2D eigenvalue weighted by atomic mass is 16.3. The molecule has 1 fully saturated rings. The van der Waals surface area contributed by atoms with Gasteiger partial charge in [0.1, 0.15) is 0 Å². The van der Waals surface area contributed by atoms with Gasteiger partial charge in [-0.25, -0.2) is 0 Å². The van der Waals surface area contributed by atoms with Crippen molar-refractivity contribution in [1.82, 2.24) is 0 Å². The fourth-order valence-electron chi connectivity index (χ4n) is 2.92. The van der Waals surface area contributed by atoms with Gasteiger partial charge in [0.15, 0.2) is 0 Å². The molecule has 1 aliphatic rings. The van der Waals surface area contributed by atoms with E-state index in [1.165, 1.54) is 38.5 Å². The molecule has 3 atom stereocenters. The molecule has 0 aromatic carbocycles. The van der Waals surface area contributed by atoms with E-state index in [9.17, 15) is 5.11 Å². The summed E-state index contributed by atoms with van der Waals surface area (Å²) < 4.78 is 0. The van der Waals surface area contributed by atoms with E-state index in [1.54, 1.807) is 0 Å². The lowest BCUT2D eigenvalue weighted by atomic mass is 9.70. The SMILES string of the molecule is CCCCCCC1(O)CC(C)CCC1C. The minimum atomic E-state index is -0.342. The second-order valence-electron chi connectivity index (χ2n) is 5.70. The van der Waals surface area contributed by atoms with Gasteiger partial charge in [-0.05, 0) is 31.1 Å². The molecule has 1 heteroatoms. The quantitative estimate of drug-likeness (QED) is 0.679. The van der Waals surface area contributed by atoms with Gasteiger partial charge in [0.05, 0.1) is 5.60 Å². The van der Waals surface area contributed by atoms with Crippen LogP contribution < -0.4 is 0 Å². The predicted molar refractivity (Wildman–Crippen MR) is 65.9 cm³/mol. The molecular formula is C14H28O. The first-order chi connectivity index (χ1) is 7.08. The van der Waals surface area contributed by atoms with Crippen molar-refractivity contribution >= 4 is 0 Å². The van der Waals surface area contributed by atoms with E-state index in [0.717, 1.165) is 18.8 Å². The molecule has 15 heavy (non-hydrogen) atoms. The zero-order chi connectivity index (χ0) is 11.3. The average Bonchev–Trinajstić information content (AvgIpc) is 2.19. The summed E-state index contributed by atoms with van der Waals surface area (Å²) >= 11 is 0. The first kappa shape index (κ1) is 13.0. The third-order valence-electron chi connectivity index (χ3n) is 4.17. The number of hydrogen-bond acceptors (Lipinski definition) is 1. The summed E-state index contributed by atoms with van der Waals surface area (Å²) in [5.74, 6) is 1.23. The Kier molecular flexibility index (Phi) is 5.11. The van der Waals surface area contributed by atoms with E-state index >= 15 is 0 Å². The Balaban J connectivity index is 2.34. The topological polar surface area (TPSA) is 20.2 Å². The van der Waals surface area contributed by atoms with Crippen LogP contribution in [0.5, 0.6) is 0 Å². The molecule has 90 valence electrons. The minimum absolute atomic E-state index is 0.342. The first-order valence-corrected chi connectivity index (χ1v) is 6.81. The third-order valence-corrected chi connectivity index (χ3v) is 4.17. The molecule has 3 unspecified atom stereocenters. The lowest BCUT2D eigenvalue weighted by Crippen LogP contribution is -2.41. The van der Waals surface area contributed by atoms with Crippen LogP contribution >= 0.6 is 0 Å². The molecule has 1 saturated carbocycles. The van der Waals surface area contributed by atoms with Crippen molar-refractivity contribution in [2.24, 2.45) is 11.8 Å². The molecular weight excluding hydrogens is 184 g/mol. The number of aliphatic hydroxyl groups is 1. The molecule has 1 nitrogen and oxygen atoms in total. The van der Waals surface area contributed by atoms with Crippen molar-refractivity contribution < 1.29 is 5.11 Å². The van der Waals surface area contributed by atoms with Gasteiger partial charge in [-0.2, -0.15) is 0 Å². The second-order valence-corrected chi connectivity index (χ2v) is 5.70. The maximum Gasteiger partial charge on any atom is 0.0675 e. The highest BCUT2D eigenvalue weighted by molar-refractivity contribution is 4.89. The van der Waals surface area contributed by atoms with Gasteiger partial charge in [0.25, 0.3) is 0 Å². The number of rotatable bonds is 5. The third kappa shape index (κ3) is 3.79.